The lowest BCUT2D eigenvalue weighted by Gasteiger charge is -2.24. The molecule has 0 fully saturated rings. The molecule has 0 bridgehead atoms. The third kappa shape index (κ3) is 4.36. The number of amidine groups is 1. The first kappa shape index (κ1) is 13.1. The number of hydrogen-bond donors (Lipinski definition) is 2. The third-order valence-electron chi connectivity index (χ3n) is 1.92. The molecule has 1 atom stereocenters. The van der Waals surface area contributed by atoms with Crippen LogP contribution in [0.3, 0.4) is 0 Å². The molecule has 0 aromatic heterocycles. The van der Waals surface area contributed by atoms with Crippen LogP contribution in [0, 0.1) is 0 Å². The molecule has 0 spiro atoms. The van der Waals surface area contributed by atoms with E-state index in [9.17, 15) is 4.79 Å². The first-order chi connectivity index (χ1) is 6.52. The summed E-state index contributed by atoms with van der Waals surface area (Å²) in [6, 6.07) is 0.156. The summed E-state index contributed by atoms with van der Waals surface area (Å²) in [5.74, 6) is 0.679. The molecule has 0 aliphatic rings. The summed E-state index contributed by atoms with van der Waals surface area (Å²) >= 11 is 1.68. The number of thioether (sulfide) groups is 1. The van der Waals surface area contributed by atoms with Crippen LogP contribution in [0.4, 0.5) is 0 Å². The number of nitrogens with zero attached hydrogens (tertiary/aromatic N) is 2. The lowest BCUT2D eigenvalue weighted by atomic mass is 10.3. The van der Waals surface area contributed by atoms with Crippen molar-refractivity contribution < 1.29 is 10.0 Å². The average Bonchev–Trinajstić information content (AvgIpc) is 2.16. The van der Waals surface area contributed by atoms with Gasteiger partial charge in [0.05, 0.1) is 6.42 Å². The van der Waals surface area contributed by atoms with Crippen molar-refractivity contribution in [1.29, 1.82) is 0 Å². The molecule has 0 aliphatic heterocycles. The van der Waals surface area contributed by atoms with Crippen molar-refractivity contribution in [3.63, 3.8) is 0 Å². The molecule has 3 N–H and O–H groups in total. The molecule has 5 nitrogen and oxygen atoms in total. The number of carbonyl (C=O) groups is 1. The minimum Gasteiger partial charge on any atom is -0.409 e. The van der Waals surface area contributed by atoms with Crippen molar-refractivity contribution >= 4 is 23.5 Å². The van der Waals surface area contributed by atoms with E-state index in [-0.39, 0.29) is 24.2 Å². The fourth-order valence-electron chi connectivity index (χ4n) is 0.914. The summed E-state index contributed by atoms with van der Waals surface area (Å²) in [5.41, 5.74) is 5.23. The molecule has 6 heteroatoms. The van der Waals surface area contributed by atoms with Gasteiger partial charge in [-0.15, -0.1) is 0 Å². The maximum atomic E-state index is 11.5. The highest BCUT2D eigenvalue weighted by atomic mass is 32.2. The van der Waals surface area contributed by atoms with Gasteiger partial charge in [0.1, 0.15) is 5.84 Å². The molecule has 0 rings (SSSR count). The predicted octanol–water partition coefficient (Wildman–Crippen LogP) is 0.333. The largest absolute Gasteiger partial charge is 0.409 e. The Hall–Kier alpha value is -0.910. The summed E-state index contributed by atoms with van der Waals surface area (Å²) in [6.07, 6.45) is 1.95. The highest BCUT2D eigenvalue weighted by molar-refractivity contribution is 7.98. The van der Waals surface area contributed by atoms with E-state index in [1.54, 1.807) is 23.7 Å². The van der Waals surface area contributed by atoms with Crippen LogP contribution in [0.25, 0.3) is 0 Å². The van der Waals surface area contributed by atoms with Gasteiger partial charge in [-0.3, -0.25) is 4.79 Å². The van der Waals surface area contributed by atoms with Crippen LogP contribution in [-0.2, 0) is 4.79 Å². The standard InChI is InChI=1S/C8H17N3O2S/c1-6(5-14-3)11(2)8(12)4-7(9)10-13/h6,13H,4-5H2,1-3H3,(H2,9,10). The van der Waals surface area contributed by atoms with Crippen LogP contribution in [0.5, 0.6) is 0 Å². The van der Waals surface area contributed by atoms with Crippen molar-refractivity contribution in [2.24, 2.45) is 10.9 Å². The van der Waals surface area contributed by atoms with E-state index in [1.807, 2.05) is 13.2 Å². The number of hydrogen-bond acceptors (Lipinski definition) is 4. The number of nitrogens with two attached hydrogens (primary N) is 1. The van der Waals surface area contributed by atoms with Gasteiger partial charge in [-0.05, 0) is 13.2 Å². The fraction of sp³-hybridized carbons (Fsp3) is 0.750. The summed E-state index contributed by atoms with van der Waals surface area (Å²) in [5, 5.41) is 11.1. The summed E-state index contributed by atoms with van der Waals surface area (Å²) in [6.45, 7) is 1.96. The van der Waals surface area contributed by atoms with Crippen molar-refractivity contribution in [1.82, 2.24) is 4.90 Å². The van der Waals surface area contributed by atoms with E-state index in [0.717, 1.165) is 5.75 Å². The first-order valence-corrected chi connectivity index (χ1v) is 5.63. The molecule has 14 heavy (non-hydrogen) atoms. The van der Waals surface area contributed by atoms with E-state index >= 15 is 0 Å². The number of amides is 1. The van der Waals surface area contributed by atoms with Crippen LogP contribution in [0.2, 0.25) is 0 Å². The van der Waals surface area contributed by atoms with Gasteiger partial charge >= 0.3 is 0 Å². The molecule has 0 aliphatic carbocycles. The molecule has 1 amide bonds. The molecule has 0 saturated heterocycles. The average molecular weight is 219 g/mol. The lowest BCUT2D eigenvalue weighted by Crippen LogP contribution is -2.38. The molecule has 0 saturated carbocycles. The second-order valence-electron chi connectivity index (χ2n) is 3.08. The van der Waals surface area contributed by atoms with Crippen LogP contribution in [0.1, 0.15) is 13.3 Å². The summed E-state index contributed by atoms with van der Waals surface area (Å²) in [7, 11) is 1.72. The van der Waals surface area contributed by atoms with Gasteiger partial charge in [-0.1, -0.05) is 5.16 Å². The second-order valence-corrected chi connectivity index (χ2v) is 3.99. The quantitative estimate of drug-likeness (QED) is 0.302. The molecular formula is C8H17N3O2S. The molecule has 0 aromatic rings. The zero-order valence-corrected chi connectivity index (χ0v) is 9.54. The Morgan fingerprint density at radius 3 is 2.71 bits per heavy atom. The lowest BCUT2D eigenvalue weighted by molar-refractivity contribution is -0.129. The normalized spacial score (nSPS) is 13.8. The van der Waals surface area contributed by atoms with E-state index in [2.05, 4.69) is 5.16 Å². The molecule has 82 valence electrons. The maximum absolute atomic E-state index is 11.5. The monoisotopic (exact) mass is 219 g/mol. The van der Waals surface area contributed by atoms with Gasteiger partial charge < -0.3 is 15.8 Å². The molecule has 0 heterocycles. The van der Waals surface area contributed by atoms with Gasteiger partial charge in [0.2, 0.25) is 5.91 Å². The zero-order valence-electron chi connectivity index (χ0n) is 8.73. The second kappa shape index (κ2) is 6.53. The molecule has 0 aromatic carbocycles. The van der Waals surface area contributed by atoms with Gasteiger partial charge in [0, 0.05) is 18.8 Å². The highest BCUT2D eigenvalue weighted by Crippen LogP contribution is 2.05. The van der Waals surface area contributed by atoms with Crippen molar-refractivity contribution in [3.8, 4) is 0 Å². The van der Waals surface area contributed by atoms with Crippen LogP contribution in [-0.4, -0.2) is 46.9 Å². The predicted molar refractivity (Wildman–Crippen MR) is 58.6 cm³/mol. The number of rotatable bonds is 5. The van der Waals surface area contributed by atoms with E-state index < -0.39 is 0 Å². The van der Waals surface area contributed by atoms with Crippen LogP contribution < -0.4 is 5.73 Å². The Morgan fingerprint density at radius 2 is 2.29 bits per heavy atom. The van der Waals surface area contributed by atoms with Gasteiger partial charge in [-0.2, -0.15) is 11.8 Å². The third-order valence-corrected chi connectivity index (χ3v) is 2.74. The van der Waals surface area contributed by atoms with Crippen molar-refractivity contribution in [3.05, 3.63) is 0 Å². The number of oxime groups is 1. The maximum Gasteiger partial charge on any atom is 0.230 e. The van der Waals surface area contributed by atoms with Crippen molar-refractivity contribution in [2.45, 2.75) is 19.4 Å². The topological polar surface area (TPSA) is 78.9 Å². The minimum absolute atomic E-state index is 0.0360. The highest BCUT2D eigenvalue weighted by Gasteiger charge is 2.16. The molecular weight excluding hydrogens is 202 g/mol. The zero-order chi connectivity index (χ0) is 11.1. The Bertz CT molecular complexity index is 221. The first-order valence-electron chi connectivity index (χ1n) is 4.24. The van der Waals surface area contributed by atoms with Crippen LogP contribution in [0.15, 0.2) is 5.16 Å². The molecule has 1 unspecified atom stereocenters. The smallest absolute Gasteiger partial charge is 0.230 e. The Kier molecular flexibility index (Phi) is 6.11. The molecule has 0 radical (unpaired) electrons. The van der Waals surface area contributed by atoms with E-state index in [0.29, 0.717) is 0 Å². The van der Waals surface area contributed by atoms with E-state index in [1.165, 1.54) is 0 Å². The van der Waals surface area contributed by atoms with Gasteiger partial charge in [-0.25, -0.2) is 0 Å². The number of carbonyl (C=O) groups excluding carboxylic acids is 1. The van der Waals surface area contributed by atoms with Crippen molar-refractivity contribution in [2.75, 3.05) is 19.1 Å². The fourth-order valence-corrected chi connectivity index (χ4v) is 1.62. The Balaban J connectivity index is 4.11. The van der Waals surface area contributed by atoms with E-state index in [4.69, 9.17) is 10.9 Å². The minimum atomic E-state index is -0.137. The van der Waals surface area contributed by atoms with Crippen LogP contribution >= 0.6 is 11.8 Å². The summed E-state index contributed by atoms with van der Waals surface area (Å²) < 4.78 is 0. The Morgan fingerprint density at radius 1 is 1.71 bits per heavy atom. The van der Waals surface area contributed by atoms with Gasteiger partial charge in [0.15, 0.2) is 0 Å². The van der Waals surface area contributed by atoms with Gasteiger partial charge in [0.25, 0.3) is 0 Å². The SMILES string of the molecule is CSCC(C)N(C)C(=O)CC(N)=NO. The Labute approximate surface area is 88.3 Å². The summed E-state index contributed by atoms with van der Waals surface area (Å²) in [4.78, 5) is 13.1.